The van der Waals surface area contributed by atoms with Crippen LogP contribution in [0.3, 0.4) is 0 Å². The van der Waals surface area contributed by atoms with E-state index in [1.54, 1.807) is 0 Å². The standard InChI is InChI=1S/C16H23ClN2/c1-3-4-5-8-19-11-13(9-12(2)18)15-7-6-14(17)10-16(15)19/h6-7,10-12H,3-5,8-9,18H2,1-2H3. The van der Waals surface area contributed by atoms with Crippen molar-refractivity contribution in [1.82, 2.24) is 4.57 Å². The Hall–Kier alpha value is -0.990. The number of nitrogens with two attached hydrogens (primary N) is 1. The maximum atomic E-state index is 6.13. The van der Waals surface area contributed by atoms with Gasteiger partial charge in [-0.2, -0.15) is 0 Å². The third kappa shape index (κ3) is 3.52. The molecule has 0 saturated carbocycles. The van der Waals surface area contributed by atoms with Crippen LogP contribution in [0.25, 0.3) is 10.9 Å². The Morgan fingerprint density at radius 3 is 2.79 bits per heavy atom. The number of unbranched alkanes of at least 4 members (excludes halogenated alkanes) is 2. The second kappa shape index (κ2) is 6.44. The summed E-state index contributed by atoms with van der Waals surface area (Å²) in [6, 6.07) is 6.33. The van der Waals surface area contributed by atoms with E-state index >= 15 is 0 Å². The molecule has 2 N–H and O–H groups in total. The number of aromatic nitrogens is 1. The molecule has 0 aliphatic heterocycles. The third-order valence-corrected chi connectivity index (χ3v) is 3.71. The normalized spacial score (nSPS) is 13.1. The van der Waals surface area contributed by atoms with Crippen molar-refractivity contribution in [2.75, 3.05) is 0 Å². The fraction of sp³-hybridized carbons (Fsp3) is 0.500. The highest BCUT2D eigenvalue weighted by Gasteiger charge is 2.10. The van der Waals surface area contributed by atoms with Crippen LogP contribution < -0.4 is 5.73 Å². The van der Waals surface area contributed by atoms with E-state index in [0.717, 1.165) is 18.0 Å². The fourth-order valence-corrected chi connectivity index (χ4v) is 2.73. The summed E-state index contributed by atoms with van der Waals surface area (Å²) in [5, 5.41) is 2.09. The lowest BCUT2D eigenvalue weighted by atomic mass is 10.1. The number of rotatable bonds is 6. The molecule has 3 heteroatoms. The van der Waals surface area contributed by atoms with E-state index in [4.69, 9.17) is 17.3 Å². The Bertz CT molecular complexity index is 543. The number of aryl methyl sites for hydroxylation is 1. The molecule has 0 aliphatic carbocycles. The first-order valence-electron chi connectivity index (χ1n) is 7.14. The second-order valence-corrected chi connectivity index (χ2v) is 5.83. The molecule has 0 amide bonds. The molecule has 2 nitrogen and oxygen atoms in total. The van der Waals surface area contributed by atoms with Gasteiger partial charge in [-0.1, -0.05) is 37.4 Å². The van der Waals surface area contributed by atoms with Crippen LogP contribution in [0, 0.1) is 0 Å². The first kappa shape index (κ1) is 14.4. The molecule has 0 aliphatic rings. The largest absolute Gasteiger partial charge is 0.347 e. The predicted molar refractivity (Wildman–Crippen MR) is 83.8 cm³/mol. The molecule has 1 heterocycles. The molecule has 2 aromatic rings. The minimum Gasteiger partial charge on any atom is -0.347 e. The Kier molecular flexibility index (Phi) is 4.89. The van der Waals surface area contributed by atoms with Gasteiger partial charge in [0.1, 0.15) is 0 Å². The van der Waals surface area contributed by atoms with Gasteiger partial charge < -0.3 is 10.3 Å². The van der Waals surface area contributed by atoms with Crippen LogP contribution in [-0.2, 0) is 13.0 Å². The zero-order valence-electron chi connectivity index (χ0n) is 11.8. The van der Waals surface area contributed by atoms with E-state index in [1.165, 1.54) is 35.7 Å². The summed E-state index contributed by atoms with van der Waals surface area (Å²) < 4.78 is 2.33. The lowest BCUT2D eigenvalue weighted by Crippen LogP contribution is -2.17. The number of hydrogen-bond acceptors (Lipinski definition) is 1. The molecule has 2 rings (SSSR count). The van der Waals surface area contributed by atoms with Crippen molar-refractivity contribution in [2.24, 2.45) is 5.73 Å². The molecular weight excluding hydrogens is 256 g/mol. The first-order chi connectivity index (χ1) is 9.11. The van der Waals surface area contributed by atoms with Crippen LogP contribution in [-0.4, -0.2) is 10.6 Å². The molecule has 1 unspecified atom stereocenters. The summed E-state index contributed by atoms with van der Waals surface area (Å²) in [5.41, 5.74) is 8.51. The summed E-state index contributed by atoms with van der Waals surface area (Å²) in [6.07, 6.45) is 6.89. The molecular formula is C16H23ClN2. The summed E-state index contributed by atoms with van der Waals surface area (Å²) in [4.78, 5) is 0. The van der Waals surface area contributed by atoms with Gasteiger partial charge >= 0.3 is 0 Å². The number of nitrogens with zero attached hydrogens (tertiary/aromatic N) is 1. The van der Waals surface area contributed by atoms with Crippen molar-refractivity contribution in [3.63, 3.8) is 0 Å². The predicted octanol–water partition coefficient (Wildman–Crippen LogP) is 4.37. The van der Waals surface area contributed by atoms with Crippen molar-refractivity contribution >= 4 is 22.5 Å². The van der Waals surface area contributed by atoms with Gasteiger partial charge in [-0.05, 0) is 37.5 Å². The highest BCUT2D eigenvalue weighted by atomic mass is 35.5. The number of benzene rings is 1. The van der Waals surface area contributed by atoms with Crippen molar-refractivity contribution < 1.29 is 0 Å². The zero-order valence-corrected chi connectivity index (χ0v) is 12.6. The van der Waals surface area contributed by atoms with Gasteiger partial charge in [0.2, 0.25) is 0 Å². The van der Waals surface area contributed by atoms with Crippen LogP contribution in [0.5, 0.6) is 0 Å². The number of fused-ring (bicyclic) bond motifs is 1. The molecule has 1 aromatic heterocycles. The summed E-state index contributed by atoms with van der Waals surface area (Å²) in [7, 11) is 0. The van der Waals surface area contributed by atoms with E-state index in [9.17, 15) is 0 Å². The molecule has 104 valence electrons. The van der Waals surface area contributed by atoms with Crippen molar-refractivity contribution in [2.45, 2.75) is 52.1 Å². The van der Waals surface area contributed by atoms with Gasteiger partial charge in [0.25, 0.3) is 0 Å². The highest BCUT2D eigenvalue weighted by Crippen LogP contribution is 2.26. The quantitative estimate of drug-likeness (QED) is 0.782. The van der Waals surface area contributed by atoms with E-state index in [1.807, 2.05) is 6.07 Å². The molecule has 1 aromatic carbocycles. The van der Waals surface area contributed by atoms with Crippen molar-refractivity contribution in [3.8, 4) is 0 Å². The zero-order chi connectivity index (χ0) is 13.8. The summed E-state index contributed by atoms with van der Waals surface area (Å²) in [6.45, 7) is 5.34. The van der Waals surface area contributed by atoms with Gasteiger partial charge in [0, 0.05) is 34.7 Å². The van der Waals surface area contributed by atoms with Gasteiger partial charge in [0.15, 0.2) is 0 Å². The smallest absolute Gasteiger partial charge is 0.0498 e. The Morgan fingerprint density at radius 2 is 2.11 bits per heavy atom. The van der Waals surface area contributed by atoms with Crippen LogP contribution >= 0.6 is 11.6 Å². The molecule has 0 fully saturated rings. The molecule has 19 heavy (non-hydrogen) atoms. The van der Waals surface area contributed by atoms with Crippen LogP contribution in [0.2, 0.25) is 5.02 Å². The van der Waals surface area contributed by atoms with Gasteiger partial charge in [-0.15, -0.1) is 0 Å². The maximum Gasteiger partial charge on any atom is 0.0498 e. The minimum absolute atomic E-state index is 0.186. The monoisotopic (exact) mass is 278 g/mol. The Balaban J connectivity index is 2.35. The summed E-state index contributed by atoms with van der Waals surface area (Å²) in [5.74, 6) is 0. The van der Waals surface area contributed by atoms with Gasteiger partial charge in [-0.25, -0.2) is 0 Å². The van der Waals surface area contributed by atoms with Gasteiger partial charge in [-0.3, -0.25) is 0 Å². The molecule has 0 bridgehead atoms. The van der Waals surface area contributed by atoms with Gasteiger partial charge in [0.05, 0.1) is 0 Å². The number of halogens is 1. The average Bonchev–Trinajstić information content (AvgIpc) is 2.67. The lowest BCUT2D eigenvalue weighted by molar-refractivity contribution is 0.614. The second-order valence-electron chi connectivity index (χ2n) is 5.40. The Morgan fingerprint density at radius 1 is 1.32 bits per heavy atom. The van der Waals surface area contributed by atoms with Crippen molar-refractivity contribution in [1.29, 1.82) is 0 Å². The average molecular weight is 279 g/mol. The van der Waals surface area contributed by atoms with E-state index in [2.05, 4.69) is 36.7 Å². The van der Waals surface area contributed by atoms with Crippen LogP contribution in [0.15, 0.2) is 24.4 Å². The fourth-order valence-electron chi connectivity index (χ4n) is 2.57. The third-order valence-electron chi connectivity index (χ3n) is 3.47. The molecule has 0 spiro atoms. The topological polar surface area (TPSA) is 30.9 Å². The Labute approximate surface area is 120 Å². The molecule has 0 radical (unpaired) electrons. The highest BCUT2D eigenvalue weighted by molar-refractivity contribution is 6.31. The van der Waals surface area contributed by atoms with E-state index < -0.39 is 0 Å². The molecule has 1 atom stereocenters. The SMILES string of the molecule is CCCCCn1cc(CC(C)N)c2ccc(Cl)cc21. The molecule has 0 saturated heterocycles. The minimum atomic E-state index is 0.186. The van der Waals surface area contributed by atoms with E-state index in [0.29, 0.717) is 0 Å². The first-order valence-corrected chi connectivity index (χ1v) is 7.52. The van der Waals surface area contributed by atoms with Crippen molar-refractivity contribution in [3.05, 3.63) is 35.0 Å². The maximum absolute atomic E-state index is 6.13. The van der Waals surface area contributed by atoms with Crippen LogP contribution in [0.1, 0.15) is 38.7 Å². The lowest BCUT2D eigenvalue weighted by Gasteiger charge is -2.04. The van der Waals surface area contributed by atoms with Crippen LogP contribution in [0.4, 0.5) is 0 Å². The van der Waals surface area contributed by atoms with E-state index in [-0.39, 0.29) is 6.04 Å². The summed E-state index contributed by atoms with van der Waals surface area (Å²) >= 11 is 6.13. The number of hydrogen-bond donors (Lipinski definition) is 1.